The Kier molecular flexibility index (Phi) is 4.67. The summed E-state index contributed by atoms with van der Waals surface area (Å²) < 4.78 is 39.8. The van der Waals surface area contributed by atoms with Crippen LogP contribution in [-0.4, -0.2) is 27.0 Å². The van der Waals surface area contributed by atoms with Crippen LogP contribution < -0.4 is 9.80 Å². The standard InChI is InChI=1S/C18H15F3N4O2S/c1-17(2)15(27)24(16(28)25(17)10-3-5-12(26)6-4-10)11-7-13(18(19,20)21)14(8-22)23-9-11/h3-7,9,16,26,28H,1-2H3. The summed E-state index contributed by atoms with van der Waals surface area (Å²) in [7, 11) is 0. The summed E-state index contributed by atoms with van der Waals surface area (Å²) in [6.45, 7) is 3.24. The first-order valence-corrected chi connectivity index (χ1v) is 8.57. The summed E-state index contributed by atoms with van der Waals surface area (Å²) in [4.78, 5) is 19.3. The molecule has 3 rings (SSSR count). The number of thiol groups is 1. The van der Waals surface area contributed by atoms with Crippen LogP contribution in [0.25, 0.3) is 0 Å². The molecule has 1 atom stereocenters. The second-order valence-electron chi connectivity index (χ2n) is 6.67. The third-order valence-electron chi connectivity index (χ3n) is 4.50. The van der Waals surface area contributed by atoms with Gasteiger partial charge in [-0.15, -0.1) is 12.6 Å². The monoisotopic (exact) mass is 408 g/mol. The molecule has 1 aliphatic rings. The molecule has 6 nitrogen and oxygen atoms in total. The minimum Gasteiger partial charge on any atom is -0.508 e. The van der Waals surface area contributed by atoms with Gasteiger partial charge in [0.2, 0.25) is 0 Å². The van der Waals surface area contributed by atoms with E-state index in [2.05, 4.69) is 17.6 Å². The number of pyridine rings is 1. The second-order valence-corrected chi connectivity index (χ2v) is 7.13. The Morgan fingerprint density at radius 1 is 1.25 bits per heavy atom. The van der Waals surface area contributed by atoms with Gasteiger partial charge in [0.15, 0.2) is 11.2 Å². The molecule has 2 aromatic rings. The molecule has 1 saturated heterocycles. The zero-order chi connectivity index (χ0) is 20.9. The number of amides is 1. The van der Waals surface area contributed by atoms with Crippen molar-refractivity contribution >= 4 is 29.9 Å². The molecule has 1 N–H and O–H groups in total. The normalized spacial score (nSPS) is 19.0. The van der Waals surface area contributed by atoms with E-state index in [0.29, 0.717) is 5.69 Å². The van der Waals surface area contributed by atoms with Crippen LogP contribution in [0.3, 0.4) is 0 Å². The topological polar surface area (TPSA) is 80.5 Å². The fourth-order valence-corrected chi connectivity index (χ4v) is 3.78. The number of nitrogens with zero attached hydrogens (tertiary/aromatic N) is 4. The van der Waals surface area contributed by atoms with Crippen LogP contribution in [-0.2, 0) is 11.0 Å². The lowest BCUT2D eigenvalue weighted by atomic mass is 10.0. The zero-order valence-electron chi connectivity index (χ0n) is 14.8. The summed E-state index contributed by atoms with van der Waals surface area (Å²) in [6.07, 6.45) is -3.75. The molecule has 10 heteroatoms. The number of rotatable bonds is 2. The highest BCUT2D eigenvalue weighted by Gasteiger charge is 2.51. The van der Waals surface area contributed by atoms with Gasteiger partial charge in [-0.05, 0) is 44.2 Å². The minimum atomic E-state index is -4.80. The molecule has 0 radical (unpaired) electrons. The van der Waals surface area contributed by atoms with Crippen LogP contribution in [0.2, 0.25) is 0 Å². The molecule has 2 heterocycles. The maximum absolute atomic E-state index is 13.3. The molecule has 1 aliphatic heterocycles. The molecule has 1 unspecified atom stereocenters. The van der Waals surface area contributed by atoms with Crippen molar-refractivity contribution in [2.45, 2.75) is 31.1 Å². The Labute approximate surface area is 164 Å². The first-order valence-electron chi connectivity index (χ1n) is 8.06. The Bertz CT molecular complexity index is 970. The van der Waals surface area contributed by atoms with Crippen LogP contribution in [0.4, 0.5) is 24.5 Å². The predicted octanol–water partition coefficient (Wildman–Crippen LogP) is 3.52. The van der Waals surface area contributed by atoms with Gasteiger partial charge in [0.05, 0.1) is 17.4 Å². The van der Waals surface area contributed by atoms with Gasteiger partial charge in [-0.2, -0.15) is 18.4 Å². The second kappa shape index (κ2) is 6.60. The van der Waals surface area contributed by atoms with Crippen LogP contribution in [0, 0.1) is 11.3 Å². The highest BCUT2D eigenvalue weighted by molar-refractivity contribution is 7.81. The van der Waals surface area contributed by atoms with E-state index < -0.39 is 34.4 Å². The van der Waals surface area contributed by atoms with Gasteiger partial charge in [0, 0.05) is 5.69 Å². The smallest absolute Gasteiger partial charge is 0.419 e. The van der Waals surface area contributed by atoms with E-state index in [1.807, 2.05) is 0 Å². The highest BCUT2D eigenvalue weighted by Crippen LogP contribution is 2.41. The number of aromatic nitrogens is 1. The predicted molar refractivity (Wildman–Crippen MR) is 98.9 cm³/mol. The van der Waals surface area contributed by atoms with Crippen molar-refractivity contribution in [3.05, 3.63) is 47.8 Å². The van der Waals surface area contributed by atoms with Crippen LogP contribution in [0.5, 0.6) is 5.75 Å². The number of alkyl halides is 3. The number of aromatic hydroxyl groups is 1. The van der Waals surface area contributed by atoms with Crippen molar-refractivity contribution in [2.24, 2.45) is 0 Å². The summed E-state index contributed by atoms with van der Waals surface area (Å²) in [5, 5.41) is 18.4. The number of phenols is 1. The number of carbonyl (C=O) groups is 1. The first-order chi connectivity index (χ1) is 13.0. The summed E-state index contributed by atoms with van der Waals surface area (Å²) >= 11 is 4.45. The number of hydrogen-bond donors (Lipinski definition) is 2. The molecule has 0 aliphatic carbocycles. The number of halogens is 3. The van der Waals surface area contributed by atoms with Gasteiger partial charge < -0.3 is 10.0 Å². The molecule has 0 bridgehead atoms. The molecule has 1 amide bonds. The van der Waals surface area contributed by atoms with E-state index in [9.17, 15) is 23.1 Å². The summed E-state index contributed by atoms with van der Waals surface area (Å²) in [6, 6.07) is 8.16. The lowest BCUT2D eigenvalue weighted by molar-refractivity contribution is -0.138. The minimum absolute atomic E-state index is 0.0331. The number of hydrogen-bond acceptors (Lipinski definition) is 6. The van der Waals surface area contributed by atoms with Crippen molar-refractivity contribution in [1.82, 2.24) is 4.98 Å². The van der Waals surface area contributed by atoms with Gasteiger partial charge in [-0.1, -0.05) is 0 Å². The average Bonchev–Trinajstić information content (AvgIpc) is 2.79. The van der Waals surface area contributed by atoms with Gasteiger partial charge >= 0.3 is 6.18 Å². The van der Waals surface area contributed by atoms with E-state index in [-0.39, 0.29) is 11.4 Å². The zero-order valence-corrected chi connectivity index (χ0v) is 15.7. The largest absolute Gasteiger partial charge is 0.508 e. The Hall–Kier alpha value is -2.93. The molecule has 1 aromatic heterocycles. The van der Waals surface area contributed by atoms with Crippen molar-refractivity contribution < 1.29 is 23.1 Å². The molecule has 1 aromatic carbocycles. The Balaban J connectivity index is 2.10. The number of phenolic OH excluding ortho intramolecular Hbond substituents is 1. The van der Waals surface area contributed by atoms with E-state index in [4.69, 9.17) is 5.26 Å². The van der Waals surface area contributed by atoms with Crippen molar-refractivity contribution in [1.29, 1.82) is 5.26 Å². The van der Waals surface area contributed by atoms with Crippen molar-refractivity contribution in [3.8, 4) is 11.8 Å². The lowest BCUT2D eigenvalue weighted by Crippen LogP contribution is -2.44. The fourth-order valence-electron chi connectivity index (χ4n) is 3.12. The van der Waals surface area contributed by atoms with E-state index >= 15 is 0 Å². The maximum Gasteiger partial charge on any atom is 0.419 e. The van der Waals surface area contributed by atoms with Crippen molar-refractivity contribution in [3.63, 3.8) is 0 Å². The van der Waals surface area contributed by atoms with Gasteiger partial charge in [-0.25, -0.2) is 4.98 Å². The van der Waals surface area contributed by atoms with Crippen LogP contribution in [0.1, 0.15) is 25.1 Å². The van der Waals surface area contributed by atoms with Gasteiger partial charge in [0.25, 0.3) is 5.91 Å². The Morgan fingerprint density at radius 3 is 2.39 bits per heavy atom. The summed E-state index contributed by atoms with van der Waals surface area (Å²) in [5.41, 5.74) is -3.62. The van der Waals surface area contributed by atoms with E-state index in [1.54, 1.807) is 30.9 Å². The summed E-state index contributed by atoms with van der Waals surface area (Å²) in [5.74, 6) is -0.453. The number of carbonyl (C=O) groups excluding carboxylic acids is 1. The number of nitriles is 1. The molecular weight excluding hydrogens is 393 g/mol. The Morgan fingerprint density at radius 2 is 1.86 bits per heavy atom. The highest BCUT2D eigenvalue weighted by atomic mass is 32.1. The maximum atomic E-state index is 13.3. The average molecular weight is 408 g/mol. The molecule has 0 saturated carbocycles. The number of benzene rings is 1. The van der Waals surface area contributed by atoms with Crippen LogP contribution >= 0.6 is 12.6 Å². The van der Waals surface area contributed by atoms with Gasteiger partial charge in [-0.3, -0.25) is 9.69 Å². The third kappa shape index (κ3) is 3.11. The quantitative estimate of drug-likeness (QED) is 0.744. The third-order valence-corrected chi connectivity index (χ3v) is 4.96. The molecule has 1 fully saturated rings. The lowest BCUT2D eigenvalue weighted by Gasteiger charge is -2.33. The van der Waals surface area contributed by atoms with Crippen LogP contribution in [0.15, 0.2) is 36.5 Å². The molecule has 146 valence electrons. The molecular formula is C18H15F3N4O2S. The molecule has 0 spiro atoms. The number of anilines is 2. The first kappa shape index (κ1) is 19.8. The SMILES string of the molecule is CC1(C)C(=O)N(c2cnc(C#N)c(C(F)(F)F)c2)C(S)N1c1ccc(O)cc1. The van der Waals surface area contributed by atoms with E-state index in [1.165, 1.54) is 18.2 Å². The molecule has 28 heavy (non-hydrogen) atoms. The fraction of sp³-hybridized carbons (Fsp3) is 0.278. The van der Waals surface area contributed by atoms with Gasteiger partial charge in [0.1, 0.15) is 17.4 Å². The van der Waals surface area contributed by atoms with E-state index in [0.717, 1.165) is 17.2 Å². The van der Waals surface area contributed by atoms with Crippen molar-refractivity contribution in [2.75, 3.05) is 9.80 Å².